The van der Waals surface area contributed by atoms with E-state index in [0.717, 1.165) is 16.1 Å². The number of amides is 1. The molecule has 3 rings (SSSR count). The average Bonchev–Trinajstić information content (AvgIpc) is 2.81. The Kier molecular flexibility index (Phi) is 9.06. The second-order valence-corrected chi connectivity index (χ2v) is 8.87. The summed E-state index contributed by atoms with van der Waals surface area (Å²) in [7, 11) is 5.49. The van der Waals surface area contributed by atoms with E-state index < -0.39 is 17.3 Å². The number of benzene rings is 2. The van der Waals surface area contributed by atoms with Gasteiger partial charge in [0, 0.05) is 29.9 Å². The van der Waals surface area contributed by atoms with Crippen molar-refractivity contribution in [2.45, 2.75) is 23.2 Å². The van der Waals surface area contributed by atoms with Gasteiger partial charge in [-0.1, -0.05) is 23.7 Å². The first-order chi connectivity index (χ1) is 14.3. The number of halogens is 2. The molecule has 31 heavy (non-hydrogen) atoms. The Labute approximate surface area is 198 Å². The molecule has 0 bridgehead atoms. The molecule has 6 nitrogen and oxygen atoms in total. The van der Waals surface area contributed by atoms with Crippen molar-refractivity contribution in [1.82, 2.24) is 4.90 Å². The largest absolute Gasteiger partial charge is 0.497 e. The van der Waals surface area contributed by atoms with Crippen LogP contribution in [0.1, 0.15) is 17.7 Å². The molecule has 1 aliphatic rings. The highest BCUT2D eigenvalue weighted by Crippen LogP contribution is 2.47. The van der Waals surface area contributed by atoms with Gasteiger partial charge in [0.25, 0.3) is 5.91 Å². The van der Waals surface area contributed by atoms with E-state index in [4.69, 9.17) is 21.1 Å². The Bertz CT molecular complexity index is 924. The van der Waals surface area contributed by atoms with Gasteiger partial charge in [-0.15, -0.1) is 24.2 Å². The second-order valence-electron chi connectivity index (χ2n) is 7.25. The van der Waals surface area contributed by atoms with Gasteiger partial charge >= 0.3 is 5.97 Å². The van der Waals surface area contributed by atoms with Crippen molar-refractivity contribution >= 4 is 53.3 Å². The third kappa shape index (κ3) is 6.07. The molecule has 2 atom stereocenters. The fourth-order valence-corrected chi connectivity index (χ4v) is 4.86. The Morgan fingerprint density at radius 2 is 1.87 bits per heavy atom. The summed E-state index contributed by atoms with van der Waals surface area (Å²) in [6, 6.07) is 12.9. The molecule has 0 aliphatic carbocycles. The number of methoxy groups -OCH3 is 1. The summed E-state index contributed by atoms with van der Waals surface area (Å²) in [5.41, 5.74) is 1.63. The van der Waals surface area contributed by atoms with Crippen molar-refractivity contribution in [3.8, 4) is 5.75 Å². The quantitative estimate of drug-likeness (QED) is 0.564. The maximum atomic E-state index is 13.6. The zero-order chi connectivity index (χ0) is 21.8. The summed E-state index contributed by atoms with van der Waals surface area (Å²) in [5.74, 6) is -0.0331. The van der Waals surface area contributed by atoms with E-state index in [1.807, 2.05) is 55.4 Å². The molecule has 2 unspecified atom stereocenters. The first-order valence-electron chi connectivity index (χ1n) is 9.53. The highest BCUT2D eigenvalue weighted by molar-refractivity contribution is 7.99. The Morgan fingerprint density at radius 1 is 1.19 bits per heavy atom. The van der Waals surface area contributed by atoms with Gasteiger partial charge in [0.2, 0.25) is 0 Å². The van der Waals surface area contributed by atoms with Crippen LogP contribution in [0.2, 0.25) is 5.02 Å². The summed E-state index contributed by atoms with van der Waals surface area (Å²) in [6.07, 6.45) is -0.964. The molecule has 2 aromatic rings. The molecule has 168 valence electrons. The van der Waals surface area contributed by atoms with Crippen LogP contribution in [0.3, 0.4) is 0 Å². The number of hydrogen-bond donors (Lipinski definition) is 0. The molecule has 1 aliphatic heterocycles. The van der Waals surface area contributed by atoms with Crippen LogP contribution in [-0.2, 0) is 14.3 Å². The number of rotatable bonds is 6. The molecule has 0 radical (unpaired) electrons. The third-order valence-electron chi connectivity index (χ3n) is 4.76. The number of anilines is 1. The van der Waals surface area contributed by atoms with Gasteiger partial charge in [-0.2, -0.15) is 0 Å². The third-order valence-corrected chi connectivity index (χ3v) is 6.35. The number of fused-ring (bicyclic) bond motifs is 1. The van der Waals surface area contributed by atoms with Gasteiger partial charge in [-0.05, 0) is 50.0 Å². The van der Waals surface area contributed by atoms with Crippen molar-refractivity contribution in [2.24, 2.45) is 0 Å². The van der Waals surface area contributed by atoms with Crippen LogP contribution in [0.5, 0.6) is 5.75 Å². The van der Waals surface area contributed by atoms with Crippen molar-refractivity contribution in [2.75, 3.05) is 39.2 Å². The first-order valence-corrected chi connectivity index (χ1v) is 10.8. The fourth-order valence-electron chi connectivity index (χ4n) is 3.26. The van der Waals surface area contributed by atoms with Gasteiger partial charge in [0.05, 0.1) is 18.0 Å². The lowest BCUT2D eigenvalue weighted by molar-refractivity contribution is -0.152. The standard InChI is InChI=1S/C22H25ClN2O4S.ClH/c1-14(26)29-20-21(15-5-8-17(28-4)9-6-15)30-19-13-16(23)7-10-18(19)25(22(20)27)12-11-24(2)3;/h5-10,13,20-21H,11-12H2,1-4H3;1H. The monoisotopic (exact) mass is 484 g/mol. The summed E-state index contributed by atoms with van der Waals surface area (Å²) in [6.45, 7) is 2.45. The lowest BCUT2D eigenvalue weighted by Gasteiger charge is -2.28. The molecule has 0 saturated heterocycles. The number of carbonyl (C=O) groups excluding carboxylic acids is 2. The van der Waals surface area contributed by atoms with Gasteiger partial charge < -0.3 is 19.3 Å². The Morgan fingerprint density at radius 3 is 2.45 bits per heavy atom. The Balaban J connectivity index is 0.00000341. The van der Waals surface area contributed by atoms with E-state index >= 15 is 0 Å². The topological polar surface area (TPSA) is 59.1 Å². The van der Waals surface area contributed by atoms with Crippen molar-refractivity contribution in [3.63, 3.8) is 0 Å². The Hall–Kier alpha value is -1.93. The highest BCUT2D eigenvalue weighted by atomic mass is 35.5. The number of hydrogen-bond acceptors (Lipinski definition) is 6. The minimum atomic E-state index is -0.964. The maximum Gasteiger partial charge on any atom is 0.303 e. The minimum absolute atomic E-state index is 0. The van der Waals surface area contributed by atoms with E-state index in [1.54, 1.807) is 18.1 Å². The number of esters is 1. The molecular weight excluding hydrogens is 459 g/mol. The van der Waals surface area contributed by atoms with Crippen LogP contribution in [0.15, 0.2) is 47.4 Å². The van der Waals surface area contributed by atoms with Gasteiger partial charge in [-0.25, -0.2) is 0 Å². The SMILES string of the molecule is COc1ccc(C2Sc3cc(Cl)ccc3N(CCN(C)C)C(=O)C2OC(C)=O)cc1.Cl. The molecule has 0 spiro atoms. The number of nitrogens with zero attached hydrogens (tertiary/aromatic N) is 2. The average molecular weight is 485 g/mol. The first kappa shape index (κ1) is 25.3. The zero-order valence-corrected chi connectivity index (χ0v) is 20.2. The predicted molar refractivity (Wildman–Crippen MR) is 127 cm³/mol. The molecule has 0 fully saturated rings. The molecule has 1 heterocycles. The normalized spacial score (nSPS) is 18.1. The summed E-state index contributed by atoms with van der Waals surface area (Å²) >= 11 is 7.74. The van der Waals surface area contributed by atoms with Crippen molar-refractivity contribution in [3.05, 3.63) is 53.1 Å². The molecular formula is C22H26Cl2N2O4S. The summed E-state index contributed by atoms with van der Waals surface area (Å²) in [4.78, 5) is 30.1. The highest BCUT2D eigenvalue weighted by Gasteiger charge is 2.40. The van der Waals surface area contributed by atoms with E-state index in [0.29, 0.717) is 23.9 Å². The van der Waals surface area contributed by atoms with Crippen LogP contribution >= 0.6 is 35.8 Å². The molecule has 9 heteroatoms. The van der Waals surface area contributed by atoms with Crippen LogP contribution in [0.25, 0.3) is 0 Å². The predicted octanol–water partition coefficient (Wildman–Crippen LogP) is 4.44. The smallest absolute Gasteiger partial charge is 0.303 e. The molecule has 0 saturated carbocycles. The molecule has 1 amide bonds. The molecule has 2 aromatic carbocycles. The van der Waals surface area contributed by atoms with Crippen LogP contribution in [0.4, 0.5) is 5.69 Å². The zero-order valence-electron chi connectivity index (χ0n) is 17.8. The van der Waals surface area contributed by atoms with Crippen LogP contribution in [-0.4, -0.2) is 57.2 Å². The van der Waals surface area contributed by atoms with Gasteiger partial charge in [0.1, 0.15) is 5.75 Å². The van der Waals surface area contributed by atoms with Crippen molar-refractivity contribution in [1.29, 1.82) is 0 Å². The maximum absolute atomic E-state index is 13.6. The van der Waals surface area contributed by atoms with E-state index in [2.05, 4.69) is 0 Å². The van der Waals surface area contributed by atoms with Crippen LogP contribution in [0, 0.1) is 0 Å². The molecule has 0 N–H and O–H groups in total. The lowest BCUT2D eigenvalue weighted by Crippen LogP contribution is -2.45. The van der Waals surface area contributed by atoms with E-state index in [9.17, 15) is 9.59 Å². The number of ether oxygens (including phenoxy) is 2. The van der Waals surface area contributed by atoms with Crippen LogP contribution < -0.4 is 9.64 Å². The number of thioether (sulfide) groups is 1. The minimum Gasteiger partial charge on any atom is -0.497 e. The molecule has 0 aromatic heterocycles. The van der Waals surface area contributed by atoms with Gasteiger partial charge in [0.15, 0.2) is 6.10 Å². The fraction of sp³-hybridized carbons (Fsp3) is 0.364. The lowest BCUT2D eigenvalue weighted by atomic mass is 10.1. The van der Waals surface area contributed by atoms with E-state index in [-0.39, 0.29) is 18.3 Å². The second kappa shape index (κ2) is 11.1. The van der Waals surface area contributed by atoms with E-state index in [1.165, 1.54) is 18.7 Å². The number of likely N-dealkylation sites (N-methyl/N-ethyl adjacent to an activating group) is 1. The summed E-state index contributed by atoms with van der Waals surface area (Å²) < 4.78 is 10.8. The van der Waals surface area contributed by atoms with Crippen molar-refractivity contribution < 1.29 is 19.1 Å². The number of carbonyl (C=O) groups is 2. The summed E-state index contributed by atoms with van der Waals surface area (Å²) in [5, 5.41) is 0.162. The van der Waals surface area contributed by atoms with Gasteiger partial charge in [-0.3, -0.25) is 9.59 Å².